The van der Waals surface area contributed by atoms with Gasteiger partial charge in [0.05, 0.1) is 30.7 Å². The van der Waals surface area contributed by atoms with Crippen molar-refractivity contribution >= 4 is 50.4 Å². The Morgan fingerprint density at radius 1 is 1.13 bits per heavy atom. The van der Waals surface area contributed by atoms with Crippen molar-refractivity contribution in [3.63, 3.8) is 0 Å². The highest BCUT2D eigenvalue weighted by atomic mass is 35.5. The van der Waals surface area contributed by atoms with Crippen LogP contribution < -0.4 is 10.2 Å². The van der Waals surface area contributed by atoms with Gasteiger partial charge in [0, 0.05) is 23.7 Å². The van der Waals surface area contributed by atoms with Crippen LogP contribution in [0.1, 0.15) is 29.7 Å². The van der Waals surface area contributed by atoms with E-state index in [1.54, 1.807) is 18.2 Å². The Morgan fingerprint density at radius 3 is 2.64 bits per heavy atom. The first-order valence-corrected chi connectivity index (χ1v) is 14.3. The average Bonchev–Trinajstić information content (AvgIpc) is 2.90. The summed E-state index contributed by atoms with van der Waals surface area (Å²) in [5.74, 6) is -1.35. The Kier molecular flexibility index (Phi) is 7.55. The Morgan fingerprint density at radius 2 is 1.95 bits per heavy atom. The highest BCUT2D eigenvalue weighted by Gasteiger charge is 2.31. The maximum atomic E-state index is 15.0. The molecule has 3 heterocycles. The molecule has 2 aliphatic rings. The summed E-state index contributed by atoms with van der Waals surface area (Å²) in [6.07, 6.45) is 3.14. The van der Waals surface area contributed by atoms with Crippen molar-refractivity contribution in [3.05, 3.63) is 76.0 Å². The normalized spacial score (nSPS) is 16.3. The molecule has 2 aliphatic heterocycles. The molecule has 0 spiro atoms. The molecule has 0 saturated heterocycles. The molecule has 12 heteroatoms. The number of carbonyl (C=O) groups is 1. The van der Waals surface area contributed by atoms with E-state index < -0.39 is 27.4 Å². The fourth-order valence-electron chi connectivity index (χ4n) is 4.72. The fraction of sp³-hybridized carbons (Fsp3) is 0.296. The number of sulfone groups is 1. The second-order valence-electron chi connectivity index (χ2n) is 9.31. The van der Waals surface area contributed by atoms with E-state index in [9.17, 15) is 22.0 Å². The van der Waals surface area contributed by atoms with Gasteiger partial charge < -0.3 is 15.0 Å². The second-order valence-corrected chi connectivity index (χ2v) is 11.8. The van der Waals surface area contributed by atoms with Crippen LogP contribution in [-0.4, -0.2) is 50.3 Å². The molecule has 0 aliphatic carbocycles. The number of hydrogen-bond acceptors (Lipinski definition) is 8. The number of ether oxygens (including phenoxy) is 1. The zero-order valence-corrected chi connectivity index (χ0v) is 22.6. The lowest BCUT2D eigenvalue weighted by Crippen LogP contribution is -2.31. The second kappa shape index (κ2) is 10.9. The topological polar surface area (TPSA) is 101 Å². The van der Waals surface area contributed by atoms with Gasteiger partial charge in [0.25, 0.3) is 0 Å². The van der Waals surface area contributed by atoms with Crippen molar-refractivity contribution in [1.82, 2.24) is 9.97 Å². The van der Waals surface area contributed by atoms with Crippen LogP contribution in [0.4, 0.5) is 26.2 Å². The monoisotopic (exact) mass is 574 g/mol. The molecule has 0 saturated carbocycles. The maximum absolute atomic E-state index is 15.0. The third kappa shape index (κ3) is 5.74. The molecule has 5 rings (SSSR count). The molecule has 0 radical (unpaired) electrons. The number of esters is 1. The van der Waals surface area contributed by atoms with E-state index in [-0.39, 0.29) is 28.6 Å². The smallest absolute Gasteiger partial charge is 0.309 e. The van der Waals surface area contributed by atoms with Gasteiger partial charge in [-0.15, -0.1) is 0 Å². The number of carbonyl (C=O) groups excluding carboxylic acids is 1. The predicted molar refractivity (Wildman–Crippen MR) is 144 cm³/mol. The Hall–Kier alpha value is -3.57. The summed E-state index contributed by atoms with van der Waals surface area (Å²) in [5, 5.41) is 3.17. The number of fused-ring (bicyclic) bond motifs is 1. The first-order chi connectivity index (χ1) is 18.6. The van der Waals surface area contributed by atoms with Crippen molar-refractivity contribution < 1.29 is 26.7 Å². The molecule has 0 bridgehead atoms. The quantitative estimate of drug-likeness (QED) is 0.416. The van der Waals surface area contributed by atoms with Gasteiger partial charge in [-0.3, -0.25) is 4.79 Å². The van der Waals surface area contributed by atoms with Crippen molar-refractivity contribution in [1.29, 1.82) is 0 Å². The number of methoxy groups -OCH3 is 1. The van der Waals surface area contributed by atoms with E-state index >= 15 is 0 Å². The molecule has 39 heavy (non-hydrogen) atoms. The summed E-state index contributed by atoms with van der Waals surface area (Å²) in [7, 11) is -2.44. The number of benzene rings is 2. The van der Waals surface area contributed by atoms with Crippen molar-refractivity contribution in [3.8, 4) is 0 Å². The third-order valence-corrected chi connectivity index (χ3v) is 8.81. The molecule has 0 fully saturated rings. The van der Waals surface area contributed by atoms with Gasteiger partial charge in [-0.2, -0.15) is 4.98 Å². The van der Waals surface area contributed by atoms with Gasteiger partial charge >= 0.3 is 5.97 Å². The Balaban J connectivity index is 1.47. The van der Waals surface area contributed by atoms with Crippen LogP contribution in [0.5, 0.6) is 0 Å². The van der Waals surface area contributed by atoms with Gasteiger partial charge in [-0.1, -0.05) is 29.8 Å². The minimum Gasteiger partial charge on any atom is -0.469 e. The number of nitrogens with zero attached hydrogens (tertiary/aromatic N) is 3. The Bertz CT molecular complexity index is 1600. The van der Waals surface area contributed by atoms with Crippen LogP contribution in [0, 0.1) is 11.6 Å². The molecular formula is C27H25ClF2N4O4S. The molecule has 1 N–H and O–H groups in total. The zero-order chi connectivity index (χ0) is 27.7. The molecule has 2 aromatic carbocycles. The van der Waals surface area contributed by atoms with Crippen molar-refractivity contribution in [2.75, 3.05) is 36.2 Å². The molecule has 204 valence electrons. The summed E-state index contributed by atoms with van der Waals surface area (Å²) >= 11 is 5.88. The first-order valence-electron chi connectivity index (χ1n) is 12.3. The molecular weight excluding hydrogens is 550 g/mol. The van der Waals surface area contributed by atoms with Gasteiger partial charge in [-0.05, 0) is 54.7 Å². The van der Waals surface area contributed by atoms with E-state index in [1.165, 1.54) is 25.3 Å². The van der Waals surface area contributed by atoms with Crippen LogP contribution in [0.15, 0.2) is 47.4 Å². The van der Waals surface area contributed by atoms with Gasteiger partial charge in [-0.25, -0.2) is 22.2 Å². The first kappa shape index (κ1) is 27.0. The summed E-state index contributed by atoms with van der Waals surface area (Å²) in [4.78, 5) is 22.5. The van der Waals surface area contributed by atoms with Crippen LogP contribution in [-0.2, 0) is 32.2 Å². The number of nitrogens with one attached hydrogen (secondary N) is 1. The summed E-state index contributed by atoms with van der Waals surface area (Å²) in [6.45, 7) is 0.842. The van der Waals surface area contributed by atoms with E-state index in [1.807, 2.05) is 11.0 Å². The van der Waals surface area contributed by atoms with Gasteiger partial charge in [0.1, 0.15) is 16.5 Å². The van der Waals surface area contributed by atoms with Crippen molar-refractivity contribution in [2.24, 2.45) is 0 Å². The van der Waals surface area contributed by atoms with Crippen LogP contribution >= 0.6 is 11.6 Å². The fourth-order valence-corrected chi connectivity index (χ4v) is 6.50. The van der Waals surface area contributed by atoms with E-state index in [0.717, 1.165) is 5.57 Å². The lowest BCUT2D eigenvalue weighted by Gasteiger charge is -2.29. The lowest BCUT2D eigenvalue weighted by molar-refractivity contribution is -0.139. The zero-order valence-electron chi connectivity index (χ0n) is 21.0. The van der Waals surface area contributed by atoms with E-state index in [2.05, 4.69) is 20.0 Å². The maximum Gasteiger partial charge on any atom is 0.309 e. The predicted octanol–water partition coefficient (Wildman–Crippen LogP) is 4.88. The number of anilines is 3. The Labute approximate surface area is 229 Å². The lowest BCUT2D eigenvalue weighted by atomic mass is 9.99. The molecule has 3 aromatic rings. The summed E-state index contributed by atoms with van der Waals surface area (Å²) in [6, 6.07) is 8.73. The molecule has 0 amide bonds. The largest absolute Gasteiger partial charge is 0.469 e. The highest BCUT2D eigenvalue weighted by Crippen LogP contribution is 2.35. The average molecular weight is 575 g/mol. The summed E-state index contributed by atoms with van der Waals surface area (Å²) < 4.78 is 60.0. The summed E-state index contributed by atoms with van der Waals surface area (Å²) in [5.41, 5.74) is 2.10. The van der Waals surface area contributed by atoms with Crippen LogP contribution in [0.3, 0.4) is 0 Å². The van der Waals surface area contributed by atoms with E-state index in [0.29, 0.717) is 60.1 Å². The molecule has 0 atom stereocenters. The number of aromatic nitrogens is 2. The van der Waals surface area contributed by atoms with Crippen LogP contribution in [0.2, 0.25) is 5.02 Å². The number of halogens is 3. The number of hydrogen-bond donors (Lipinski definition) is 1. The van der Waals surface area contributed by atoms with Gasteiger partial charge in [0.2, 0.25) is 5.95 Å². The third-order valence-electron chi connectivity index (χ3n) is 6.69. The van der Waals surface area contributed by atoms with Crippen molar-refractivity contribution in [2.45, 2.75) is 30.6 Å². The van der Waals surface area contributed by atoms with Gasteiger partial charge in [0.15, 0.2) is 15.7 Å². The number of rotatable bonds is 6. The van der Waals surface area contributed by atoms with E-state index in [4.69, 9.17) is 11.6 Å². The molecule has 1 aromatic heterocycles. The van der Waals surface area contributed by atoms with Crippen LogP contribution in [0.25, 0.3) is 5.57 Å². The minimum atomic E-state index is -3.69. The number of aryl methyl sites for hydroxylation is 1. The molecule has 0 unspecified atom stereocenters. The SMILES string of the molecule is COC(=O)Cc1ccc(Nc2nc(N3CC=C(c4ccc(Cl)cc4F)CC3)nc3c2S(=O)(=O)CCC3)c(F)c1. The minimum absolute atomic E-state index is 0.00663. The molecule has 8 nitrogen and oxygen atoms in total. The highest BCUT2D eigenvalue weighted by molar-refractivity contribution is 7.91. The standard InChI is InChI=1S/C27H25ClF2N4O4S/c1-38-24(35)14-16-4-7-22(21(30)13-16)31-26-25-23(3-2-12-39(25,36)37)32-27(33-26)34-10-8-17(9-11-34)19-6-5-18(28)15-20(19)29/h4-8,13,15H,2-3,9-12,14H2,1H3,(H,31,32,33).